The van der Waals surface area contributed by atoms with E-state index in [1.165, 1.54) is 30.2 Å². The van der Waals surface area contributed by atoms with Crippen LogP contribution in [0.5, 0.6) is 0 Å². The van der Waals surface area contributed by atoms with E-state index in [9.17, 15) is 109 Å². The first-order chi connectivity index (χ1) is 48.5. The third-order valence-corrected chi connectivity index (χ3v) is 33.6. The van der Waals surface area contributed by atoms with Gasteiger partial charge in [-0.3, -0.25) is 13.7 Å². The highest BCUT2D eigenvalue weighted by molar-refractivity contribution is 7.99. The maximum atomic E-state index is 12.7. The topological polar surface area (TPSA) is 631 Å². The molecule has 3 aliphatic carbocycles. The molecule has 582 valence electrons. The van der Waals surface area contributed by atoms with Crippen molar-refractivity contribution in [3.05, 3.63) is 34.4 Å². The van der Waals surface area contributed by atoms with Crippen molar-refractivity contribution >= 4 is 138 Å². The molecule has 6 aromatic heterocycles. The molecular weight excluding hydrogens is 1570 g/mol. The minimum Gasteiger partial charge on any atom is -0.394 e. The predicted molar refractivity (Wildman–Crippen MR) is 369 cm³/mol. The molecule has 6 fully saturated rings. The van der Waals surface area contributed by atoms with Gasteiger partial charge in [-0.15, -0.1) is 0 Å². The number of hydrogen-bond acceptors (Lipinski definition) is 32. The van der Waals surface area contributed by atoms with Crippen molar-refractivity contribution in [1.29, 1.82) is 0 Å². The van der Waals surface area contributed by atoms with Crippen molar-refractivity contribution in [2.24, 2.45) is 5.92 Å². The SMILES string of the molecule is CC(O)C(P(=O)(O)O)S(=O)(=O)C[C@H]1O[C@@H](n2ncc3c(NC4CCCC4)nc(Cl)nc32)[C@H](O)[C@@H]1O.CC1CCCC1Nc1nc(Cl)nc2c1cnn2[C@@H]1O[C@H](CS(=O)(=O)C(CO)P(=O)(O)O)[C@@H](O)[C@H]1O.CCC(P(=O)(O)O)S(=O)(=O)C[C@H]1O[C@@H](n2ncc3c(NC4CCCC4)nc(Cl)nc32)[C@H](O)[C@@H]1O. The van der Waals surface area contributed by atoms with Gasteiger partial charge in [0.05, 0.1) is 64.7 Å². The van der Waals surface area contributed by atoms with Crippen LogP contribution in [0.25, 0.3) is 33.1 Å². The van der Waals surface area contributed by atoms with E-state index >= 15 is 0 Å². The Morgan fingerprint density at radius 1 is 0.500 bits per heavy atom. The van der Waals surface area contributed by atoms with E-state index in [1.807, 2.05) is 0 Å². The van der Waals surface area contributed by atoms with Gasteiger partial charge in [0.2, 0.25) is 15.9 Å². The molecule has 104 heavy (non-hydrogen) atoms. The van der Waals surface area contributed by atoms with E-state index in [0.29, 0.717) is 39.5 Å². The highest BCUT2D eigenvalue weighted by Crippen LogP contribution is 2.50. The van der Waals surface area contributed by atoms with Crippen LogP contribution >= 0.6 is 57.6 Å². The minimum absolute atomic E-state index is 0.0747. The van der Waals surface area contributed by atoms with E-state index < -0.39 is 171 Å². The second kappa shape index (κ2) is 32.4. The lowest BCUT2D eigenvalue weighted by Gasteiger charge is -2.23. The zero-order valence-electron chi connectivity index (χ0n) is 55.3. The minimum atomic E-state index is -5.26. The first-order valence-corrected chi connectivity index (χ1v) is 44.0. The number of nitrogens with zero attached hydrogens (tertiary/aromatic N) is 12. The van der Waals surface area contributed by atoms with Crippen molar-refractivity contribution in [2.75, 3.05) is 39.8 Å². The summed E-state index contributed by atoms with van der Waals surface area (Å²) in [5.74, 6) is -1.26. The fourth-order valence-corrected chi connectivity index (χ4v) is 25.5. The molecule has 0 aromatic carbocycles. The second-order valence-electron chi connectivity index (χ2n) is 26.4. The average molecular weight is 1650 g/mol. The summed E-state index contributed by atoms with van der Waals surface area (Å²) in [6.45, 7) is 3.07. The molecule has 6 aliphatic rings. The van der Waals surface area contributed by atoms with E-state index in [2.05, 4.69) is 68.1 Å². The lowest BCUT2D eigenvalue weighted by Crippen LogP contribution is -2.41. The van der Waals surface area contributed by atoms with Gasteiger partial charge in [0.15, 0.2) is 80.1 Å². The Kier molecular flexibility index (Phi) is 25.6. The van der Waals surface area contributed by atoms with Crippen molar-refractivity contribution < 1.29 is 123 Å². The second-order valence-corrected chi connectivity index (χ2v) is 40.5. The molecule has 12 rings (SSSR count). The van der Waals surface area contributed by atoms with E-state index in [-0.39, 0.29) is 57.3 Å². The normalized spacial score (nSPS) is 28.7. The highest BCUT2D eigenvalue weighted by atomic mass is 35.5. The van der Waals surface area contributed by atoms with E-state index in [4.69, 9.17) is 49.0 Å². The molecule has 3 saturated carbocycles. The van der Waals surface area contributed by atoms with Crippen LogP contribution in [0.1, 0.15) is 117 Å². The average Bonchev–Trinajstić information content (AvgIpc) is 1.61. The number of halogens is 3. The van der Waals surface area contributed by atoms with Crippen LogP contribution < -0.4 is 16.0 Å². The summed E-state index contributed by atoms with van der Waals surface area (Å²) in [5.41, 5.74) is 0.547. The molecule has 3 aliphatic heterocycles. The smallest absolute Gasteiger partial charge is 0.346 e. The zero-order valence-corrected chi connectivity index (χ0v) is 62.7. The first kappa shape index (κ1) is 82.3. The number of aromatic nitrogens is 12. The standard InChI is InChI=1S/2C18H27ClN5O9PS.C18H27ClN5O8PS/c1-8-3-2-4-10(8)21-15-9-5-20-24(16(9)23-18(19)22-15)17-14(27)13(26)11(33-17)7-35(31,32)12(6-25)34(28,29)30;1-8(25)17(34(28,29)30)35(31,32)7-11-12(26)13(27)16(33-11)24-15-10(6-20-24)14(22-18(19)23-15)21-9-4-2-3-5-9;1-2-12(33(27,28)29)34(30,31)8-11-13(25)14(26)17(32-11)24-16-10(7-20-24)15(22-18(19)23-16)21-9-5-3-4-6-9/h5,8,10-14,17,25-27H,2-4,6-7H2,1H3,(H,21,22,23)(H2,28,29,30);6,8-9,11-13,16-17,25-27H,2-5,7H2,1H3,(H,21,22,23)(H2,28,29,30);7,9,11-14,17,25-26H,2-6,8H2,1H3,(H,21,22,23)(H2,27,28,29)/t8?,10?,11-,12?,13-,14-,17-;8?,11-,12-,13-,16-,17?;11-,12?,13-,14-,17-/m111/s1. The number of rotatable bonds is 24. The van der Waals surface area contributed by atoms with Gasteiger partial charge < -0.3 is 100 Å². The largest absolute Gasteiger partial charge is 0.394 e. The molecule has 17 N–H and O–H groups in total. The molecule has 41 nitrogen and oxygen atoms in total. The van der Waals surface area contributed by atoms with Crippen LogP contribution in [0, 0.1) is 5.92 Å². The molecule has 9 heterocycles. The third-order valence-electron chi connectivity index (χ3n) is 19.0. The summed E-state index contributed by atoms with van der Waals surface area (Å²) in [5, 5.41) is 106. The van der Waals surface area contributed by atoms with E-state index in [1.54, 1.807) is 0 Å². The van der Waals surface area contributed by atoms with E-state index in [0.717, 1.165) is 86.9 Å². The molecule has 0 amide bonds. The van der Waals surface area contributed by atoms with Gasteiger partial charge in [-0.05, 0) is 92.6 Å². The van der Waals surface area contributed by atoms with Gasteiger partial charge in [0.1, 0.15) is 72.4 Å². The van der Waals surface area contributed by atoms with Crippen LogP contribution in [0.3, 0.4) is 0 Å². The molecule has 3 saturated heterocycles. The number of fused-ring (bicyclic) bond motifs is 3. The maximum absolute atomic E-state index is 12.7. The molecule has 6 aromatic rings. The summed E-state index contributed by atoms with van der Waals surface area (Å²) >= 11 is 18.3. The monoisotopic (exact) mass is 1650 g/mol. The van der Waals surface area contributed by atoms with Crippen LogP contribution in [0.2, 0.25) is 15.9 Å². The Morgan fingerprint density at radius 2 is 0.837 bits per heavy atom. The molecule has 50 heteroatoms. The Hall–Kier alpha value is -4.22. The number of anilines is 3. The quantitative estimate of drug-likeness (QED) is 0.0283. The zero-order chi connectivity index (χ0) is 76.2. The first-order valence-electron chi connectivity index (χ1n) is 32.7. The maximum Gasteiger partial charge on any atom is 0.346 e. The fourth-order valence-electron chi connectivity index (χ4n) is 13.8. The fraction of sp³-hybridized carbons (Fsp3) is 0.722. The number of sulfone groups is 3. The Labute approximate surface area is 607 Å². The van der Waals surface area contributed by atoms with Gasteiger partial charge in [-0.25, -0.2) is 39.3 Å². The molecule has 0 radical (unpaired) electrons. The Bertz CT molecular complexity index is 4570. The summed E-state index contributed by atoms with van der Waals surface area (Å²) in [4.78, 5) is 74.6. The summed E-state index contributed by atoms with van der Waals surface area (Å²) < 4.78 is 131. The lowest BCUT2D eigenvalue weighted by molar-refractivity contribution is -0.0365. The molecule has 0 spiro atoms. The van der Waals surface area contributed by atoms with Crippen LogP contribution in [0.4, 0.5) is 17.5 Å². The van der Waals surface area contributed by atoms with Crippen LogP contribution in [0.15, 0.2) is 18.6 Å². The Balaban J connectivity index is 0.000000167. The van der Waals surface area contributed by atoms with Crippen molar-refractivity contribution in [2.45, 2.75) is 211 Å². The van der Waals surface area contributed by atoms with Crippen molar-refractivity contribution in [1.82, 2.24) is 59.2 Å². The molecule has 18 atom stereocenters. The van der Waals surface area contributed by atoms with Crippen LogP contribution in [-0.4, -0.2) is 273 Å². The number of aliphatic hydroxyl groups is 8. The molecule has 6 unspecified atom stereocenters. The predicted octanol–water partition coefficient (Wildman–Crippen LogP) is 0.145. The number of aliphatic hydroxyl groups excluding tert-OH is 8. The van der Waals surface area contributed by atoms with Gasteiger partial charge in [-0.1, -0.05) is 46.0 Å². The summed E-state index contributed by atoms with van der Waals surface area (Å²) in [6, 6.07) is 0.599. The number of ether oxygens (including phenoxy) is 3. The summed E-state index contributed by atoms with van der Waals surface area (Å²) in [7, 11) is -29.1. The third kappa shape index (κ3) is 18.0. The van der Waals surface area contributed by atoms with Gasteiger partial charge in [0, 0.05) is 18.1 Å². The lowest BCUT2D eigenvalue weighted by atomic mass is 10.1. The van der Waals surface area contributed by atoms with Gasteiger partial charge in [-0.2, -0.15) is 45.2 Å². The van der Waals surface area contributed by atoms with Gasteiger partial charge >= 0.3 is 22.8 Å². The number of nitrogens with one attached hydrogen (secondary N) is 3. The van der Waals surface area contributed by atoms with Crippen molar-refractivity contribution in [3.63, 3.8) is 0 Å². The van der Waals surface area contributed by atoms with Crippen molar-refractivity contribution in [3.8, 4) is 0 Å². The van der Waals surface area contributed by atoms with Crippen LogP contribution in [-0.2, 0) is 57.4 Å². The Morgan fingerprint density at radius 3 is 1.13 bits per heavy atom. The number of hydrogen-bond donors (Lipinski definition) is 17. The highest BCUT2D eigenvalue weighted by Gasteiger charge is 2.54. The van der Waals surface area contributed by atoms with Gasteiger partial charge in [0.25, 0.3) is 0 Å². The molecule has 0 bridgehead atoms. The molecular formula is C54H81Cl3N15O26P3S3. The summed E-state index contributed by atoms with van der Waals surface area (Å²) in [6.07, 6.45) is -5.21.